The summed E-state index contributed by atoms with van der Waals surface area (Å²) < 4.78 is 26.9. The zero-order chi connectivity index (χ0) is 26.3. The van der Waals surface area contributed by atoms with Crippen LogP contribution < -0.4 is 9.62 Å². The van der Waals surface area contributed by atoms with Crippen molar-refractivity contribution >= 4 is 66.7 Å². The number of para-hydroxylation sites is 1. The van der Waals surface area contributed by atoms with Gasteiger partial charge in [0.25, 0.3) is 0 Å². The molecule has 2 aromatic rings. The van der Waals surface area contributed by atoms with E-state index in [1.807, 2.05) is 13.8 Å². The van der Waals surface area contributed by atoms with E-state index in [4.69, 9.17) is 23.2 Å². The van der Waals surface area contributed by atoms with Gasteiger partial charge in [-0.25, -0.2) is 8.42 Å². The zero-order valence-electron chi connectivity index (χ0n) is 20.1. The molecule has 2 atom stereocenters. The molecule has 0 bridgehead atoms. The predicted molar refractivity (Wildman–Crippen MR) is 145 cm³/mol. The molecule has 0 aliphatic rings. The van der Waals surface area contributed by atoms with Crippen molar-refractivity contribution < 1.29 is 18.0 Å². The number of carbonyl (C=O) groups excluding carboxylic acids is 2. The van der Waals surface area contributed by atoms with Crippen molar-refractivity contribution in [3.8, 4) is 0 Å². The van der Waals surface area contributed by atoms with Crippen molar-refractivity contribution in [1.82, 2.24) is 10.2 Å². The van der Waals surface area contributed by atoms with Crippen molar-refractivity contribution in [2.45, 2.75) is 52.2 Å². The fraction of sp³-hybridized carbons (Fsp3) is 0.417. The highest BCUT2D eigenvalue weighted by molar-refractivity contribution is 9.10. The van der Waals surface area contributed by atoms with Crippen molar-refractivity contribution in [2.75, 3.05) is 17.1 Å². The van der Waals surface area contributed by atoms with E-state index >= 15 is 0 Å². The molecule has 0 aliphatic carbocycles. The molecule has 2 amide bonds. The summed E-state index contributed by atoms with van der Waals surface area (Å²) in [7, 11) is -3.81. The summed E-state index contributed by atoms with van der Waals surface area (Å²) in [5, 5.41) is 3.61. The smallest absolute Gasteiger partial charge is 0.244 e. The first kappa shape index (κ1) is 29.4. The molecule has 0 spiro atoms. The number of hydrogen-bond acceptors (Lipinski definition) is 4. The highest BCUT2D eigenvalue weighted by Crippen LogP contribution is 2.28. The molecule has 0 saturated carbocycles. The zero-order valence-corrected chi connectivity index (χ0v) is 24.0. The molecule has 0 unspecified atom stereocenters. The highest BCUT2D eigenvalue weighted by Gasteiger charge is 2.32. The Morgan fingerprint density at radius 3 is 2.26 bits per heavy atom. The first-order chi connectivity index (χ1) is 16.4. The van der Waals surface area contributed by atoms with Crippen LogP contribution in [0.15, 0.2) is 46.9 Å². The van der Waals surface area contributed by atoms with E-state index < -0.39 is 28.5 Å². The Hall–Kier alpha value is -1.81. The molecule has 0 aromatic heterocycles. The van der Waals surface area contributed by atoms with Crippen LogP contribution in [0.3, 0.4) is 0 Å². The largest absolute Gasteiger partial charge is 0.352 e. The number of halogens is 3. The quantitative estimate of drug-likeness (QED) is 0.379. The lowest BCUT2D eigenvalue weighted by atomic mass is 10.1. The summed E-state index contributed by atoms with van der Waals surface area (Å²) in [6.07, 6.45) is 2.10. The summed E-state index contributed by atoms with van der Waals surface area (Å²) in [6, 6.07) is 10.8. The molecular weight excluding hydrogens is 577 g/mol. The van der Waals surface area contributed by atoms with Crippen LogP contribution in [0.2, 0.25) is 10.0 Å². The minimum Gasteiger partial charge on any atom is -0.352 e. The van der Waals surface area contributed by atoms with Gasteiger partial charge < -0.3 is 10.2 Å². The number of anilines is 1. The van der Waals surface area contributed by atoms with E-state index in [1.165, 1.54) is 4.90 Å². The number of benzene rings is 2. The van der Waals surface area contributed by atoms with Gasteiger partial charge in [0.1, 0.15) is 12.6 Å². The minimum atomic E-state index is -3.81. The van der Waals surface area contributed by atoms with E-state index in [1.54, 1.807) is 49.4 Å². The summed E-state index contributed by atoms with van der Waals surface area (Å²) in [4.78, 5) is 28.2. The molecule has 11 heteroatoms. The van der Waals surface area contributed by atoms with Gasteiger partial charge in [0.2, 0.25) is 21.8 Å². The average Bonchev–Trinajstić information content (AvgIpc) is 2.79. The fourth-order valence-corrected chi connectivity index (χ4v) is 5.24. The van der Waals surface area contributed by atoms with E-state index in [2.05, 4.69) is 21.2 Å². The molecule has 0 heterocycles. The number of amides is 2. The van der Waals surface area contributed by atoms with E-state index in [0.29, 0.717) is 32.2 Å². The maximum Gasteiger partial charge on any atom is 0.244 e. The van der Waals surface area contributed by atoms with Crippen LogP contribution in [0.25, 0.3) is 0 Å². The number of carbonyl (C=O) groups is 2. The van der Waals surface area contributed by atoms with E-state index in [-0.39, 0.29) is 18.5 Å². The second-order valence-corrected chi connectivity index (χ2v) is 11.8. The number of sulfonamides is 1. The Balaban J connectivity index is 2.48. The van der Waals surface area contributed by atoms with Crippen LogP contribution in [0.1, 0.15) is 39.2 Å². The molecule has 0 aliphatic heterocycles. The van der Waals surface area contributed by atoms with Crippen LogP contribution in [0.4, 0.5) is 5.69 Å². The molecule has 2 rings (SSSR count). The second kappa shape index (κ2) is 12.9. The molecule has 2 aromatic carbocycles. The van der Waals surface area contributed by atoms with Gasteiger partial charge in [-0.3, -0.25) is 13.9 Å². The van der Waals surface area contributed by atoms with Gasteiger partial charge in [0, 0.05) is 17.1 Å². The molecule has 192 valence electrons. The number of rotatable bonds is 11. The number of nitrogens with one attached hydrogen (secondary N) is 1. The molecule has 0 radical (unpaired) electrons. The SMILES string of the molecule is CC[C@H](C)NC(=O)[C@H](CC)N(Cc1ccc(Cl)c(Cl)c1)C(=O)CN(c1ccccc1Br)S(C)(=O)=O. The van der Waals surface area contributed by atoms with Gasteiger partial charge in [0.15, 0.2) is 0 Å². The van der Waals surface area contributed by atoms with Crippen LogP contribution in [0, 0.1) is 0 Å². The Morgan fingerprint density at radius 1 is 1.06 bits per heavy atom. The van der Waals surface area contributed by atoms with Crippen molar-refractivity contribution in [3.05, 3.63) is 62.5 Å². The highest BCUT2D eigenvalue weighted by atomic mass is 79.9. The Kier molecular flexibility index (Phi) is 10.9. The second-order valence-electron chi connectivity index (χ2n) is 8.23. The normalized spacial score (nSPS) is 13.1. The van der Waals surface area contributed by atoms with E-state index in [9.17, 15) is 18.0 Å². The van der Waals surface area contributed by atoms with Gasteiger partial charge in [0.05, 0.1) is 22.0 Å². The van der Waals surface area contributed by atoms with E-state index in [0.717, 1.165) is 17.0 Å². The summed E-state index contributed by atoms with van der Waals surface area (Å²) in [5.41, 5.74) is 0.990. The van der Waals surface area contributed by atoms with Crippen molar-refractivity contribution in [1.29, 1.82) is 0 Å². The van der Waals surface area contributed by atoms with Gasteiger partial charge >= 0.3 is 0 Å². The third-order valence-electron chi connectivity index (χ3n) is 5.52. The van der Waals surface area contributed by atoms with Crippen LogP contribution >= 0.6 is 39.1 Å². The molecule has 0 fully saturated rings. The van der Waals surface area contributed by atoms with Crippen LogP contribution in [-0.2, 0) is 26.2 Å². The van der Waals surface area contributed by atoms with Gasteiger partial charge in [-0.05, 0) is 65.5 Å². The first-order valence-corrected chi connectivity index (χ1v) is 14.5. The van der Waals surface area contributed by atoms with Gasteiger partial charge in [-0.15, -0.1) is 0 Å². The fourth-order valence-electron chi connectivity index (χ4n) is 3.44. The Morgan fingerprint density at radius 2 is 1.71 bits per heavy atom. The lowest BCUT2D eigenvalue weighted by molar-refractivity contribution is -0.140. The lowest BCUT2D eigenvalue weighted by Crippen LogP contribution is -2.53. The van der Waals surface area contributed by atoms with Crippen molar-refractivity contribution in [3.63, 3.8) is 0 Å². The van der Waals surface area contributed by atoms with Crippen LogP contribution in [0.5, 0.6) is 0 Å². The first-order valence-electron chi connectivity index (χ1n) is 11.1. The van der Waals surface area contributed by atoms with Crippen LogP contribution in [-0.4, -0.2) is 50.0 Å². The van der Waals surface area contributed by atoms with Gasteiger partial charge in [-0.1, -0.05) is 55.2 Å². The average molecular weight is 607 g/mol. The lowest BCUT2D eigenvalue weighted by Gasteiger charge is -2.33. The Bertz CT molecular complexity index is 1160. The third-order valence-corrected chi connectivity index (χ3v) is 8.06. The standard InChI is InChI=1S/C24H30BrCl2N3O4S/c1-5-16(3)28-24(32)21(6-2)29(14-17-11-12-19(26)20(27)13-17)23(31)15-30(35(4,33)34)22-10-8-7-9-18(22)25/h7-13,16,21H,5-6,14-15H2,1-4H3,(H,28,32)/t16-,21-/m0/s1. The van der Waals surface area contributed by atoms with Gasteiger partial charge in [-0.2, -0.15) is 0 Å². The number of nitrogens with zero attached hydrogens (tertiary/aromatic N) is 2. The monoisotopic (exact) mass is 605 g/mol. The predicted octanol–water partition coefficient (Wildman–Crippen LogP) is 5.24. The topological polar surface area (TPSA) is 86.8 Å². The van der Waals surface area contributed by atoms with Crippen molar-refractivity contribution in [2.24, 2.45) is 0 Å². The molecule has 0 saturated heterocycles. The maximum absolute atomic E-state index is 13.7. The molecular formula is C24H30BrCl2N3O4S. The minimum absolute atomic E-state index is 0.0513. The molecule has 35 heavy (non-hydrogen) atoms. The summed E-state index contributed by atoms with van der Waals surface area (Å²) in [5.74, 6) is -0.828. The Labute approximate surface area is 225 Å². The molecule has 7 nitrogen and oxygen atoms in total. The number of hydrogen-bond donors (Lipinski definition) is 1. The summed E-state index contributed by atoms with van der Waals surface area (Å²) >= 11 is 15.6. The summed E-state index contributed by atoms with van der Waals surface area (Å²) in [6.45, 7) is 5.21. The third kappa shape index (κ3) is 8.10. The maximum atomic E-state index is 13.7. The molecule has 1 N–H and O–H groups in total.